The van der Waals surface area contributed by atoms with Gasteiger partial charge < -0.3 is 0 Å². The van der Waals surface area contributed by atoms with Gasteiger partial charge in [-0.15, -0.1) is 0 Å². The van der Waals surface area contributed by atoms with E-state index in [-0.39, 0.29) is 16.5 Å². The van der Waals surface area contributed by atoms with Gasteiger partial charge in [-0.2, -0.15) is 0 Å². The van der Waals surface area contributed by atoms with Gasteiger partial charge in [0, 0.05) is 25.3 Å². The second-order valence-electron chi connectivity index (χ2n) is 5.19. The van der Waals surface area contributed by atoms with Crippen molar-refractivity contribution in [1.82, 2.24) is 0 Å². The lowest BCUT2D eigenvalue weighted by Crippen LogP contribution is -2.24. The zero-order valence-electron chi connectivity index (χ0n) is 11.3. The van der Waals surface area contributed by atoms with Crippen molar-refractivity contribution in [3.63, 3.8) is 0 Å². The van der Waals surface area contributed by atoms with E-state index in [0.29, 0.717) is 0 Å². The molecule has 0 saturated carbocycles. The molecule has 0 heterocycles. The number of hydrogen-bond acceptors (Lipinski definition) is 2. The molecule has 0 amide bonds. The minimum atomic E-state index is -0.740. The zero-order chi connectivity index (χ0) is 13.9. The van der Waals surface area contributed by atoms with Crippen molar-refractivity contribution in [3.05, 3.63) is 74.8 Å². The molecule has 0 aliphatic heterocycles. The van der Waals surface area contributed by atoms with Crippen LogP contribution in [0, 0.1) is 10.1 Å². The summed E-state index contributed by atoms with van der Waals surface area (Å²) in [6.45, 7) is 0. The average molecular weight is 252 g/mol. The first kappa shape index (κ1) is 9.73. The third-order valence-corrected chi connectivity index (χ3v) is 4.29. The number of nitro benzene ring substituents is 1. The van der Waals surface area contributed by atoms with Gasteiger partial charge in [0.05, 0.1) is 4.92 Å². The van der Waals surface area contributed by atoms with E-state index in [9.17, 15) is 10.1 Å². The number of fused-ring (bicyclic) bond motifs is 1. The van der Waals surface area contributed by atoms with Crippen molar-refractivity contribution in [2.45, 2.75) is 24.7 Å². The van der Waals surface area contributed by atoms with Crippen molar-refractivity contribution < 1.29 is 6.29 Å². The molecule has 19 heavy (non-hydrogen) atoms. The molecule has 3 nitrogen and oxygen atoms in total. The quantitative estimate of drug-likeness (QED) is 0.569. The van der Waals surface area contributed by atoms with Crippen molar-refractivity contribution in [1.29, 1.82) is 0 Å². The molecule has 3 aliphatic carbocycles. The predicted molar refractivity (Wildman–Crippen MR) is 72.5 cm³/mol. The van der Waals surface area contributed by atoms with E-state index in [1.807, 2.05) is 18.2 Å². The van der Waals surface area contributed by atoms with E-state index >= 15 is 0 Å². The number of nitro groups is 1. The van der Waals surface area contributed by atoms with Gasteiger partial charge in [0.1, 0.15) is 0 Å². The number of nitrogens with zero attached hydrogens (tertiary/aromatic N) is 1. The minimum absolute atomic E-state index is 0.123. The van der Waals surface area contributed by atoms with E-state index in [4.69, 9.17) is 1.37 Å². The average Bonchev–Trinajstić information content (AvgIpc) is 2.47. The third kappa shape index (κ3) is 1.38. The van der Waals surface area contributed by atoms with Gasteiger partial charge >= 0.3 is 0 Å². The maximum absolute atomic E-state index is 11.0. The number of benzene rings is 2. The van der Waals surface area contributed by atoms with Gasteiger partial charge in [0.2, 0.25) is 0 Å². The Hall–Kier alpha value is -2.16. The molecule has 0 aromatic heterocycles. The summed E-state index contributed by atoms with van der Waals surface area (Å²) in [5.74, 6) is -0.538. The predicted octanol–water partition coefficient (Wildman–Crippen LogP) is 3.97. The highest BCUT2D eigenvalue weighted by atomic mass is 16.6. The van der Waals surface area contributed by atoms with Gasteiger partial charge in [0.15, 0.2) is 0 Å². The molecule has 5 rings (SSSR count). The van der Waals surface area contributed by atoms with E-state index in [0.717, 1.165) is 29.5 Å². The highest BCUT2D eigenvalue weighted by Gasteiger charge is 2.37. The molecular formula is C16H13NO2. The Morgan fingerprint density at radius 3 is 2.58 bits per heavy atom. The first-order chi connectivity index (χ1) is 9.61. The van der Waals surface area contributed by atoms with Crippen LogP contribution in [-0.4, -0.2) is 4.92 Å². The molecule has 2 bridgehead atoms. The molecule has 3 aliphatic rings. The maximum atomic E-state index is 11.0. The summed E-state index contributed by atoms with van der Waals surface area (Å²) in [7, 11) is 0. The summed E-state index contributed by atoms with van der Waals surface area (Å²) in [5.41, 5.74) is 4.27. The molecule has 0 unspecified atom stereocenters. The Balaban J connectivity index is 2.01. The molecule has 0 spiro atoms. The summed E-state index contributed by atoms with van der Waals surface area (Å²) in [4.78, 5) is 10.6. The zero-order valence-corrected chi connectivity index (χ0v) is 10.3. The fourth-order valence-corrected chi connectivity index (χ4v) is 3.48. The fourth-order valence-electron chi connectivity index (χ4n) is 3.48. The molecule has 94 valence electrons. The molecule has 2 aromatic rings. The van der Waals surface area contributed by atoms with Gasteiger partial charge in [0.25, 0.3) is 5.69 Å². The Labute approximate surface area is 112 Å². The Kier molecular flexibility index (Phi) is 1.88. The van der Waals surface area contributed by atoms with Gasteiger partial charge in [-0.3, -0.25) is 10.1 Å². The largest absolute Gasteiger partial charge is 0.269 e. The van der Waals surface area contributed by atoms with E-state index < -0.39 is 5.89 Å². The molecule has 2 aromatic carbocycles. The van der Waals surface area contributed by atoms with Crippen LogP contribution in [0.4, 0.5) is 5.69 Å². The summed E-state index contributed by atoms with van der Waals surface area (Å²) in [5, 5.41) is 11.0. The summed E-state index contributed by atoms with van der Waals surface area (Å²) >= 11 is 0. The maximum Gasteiger partial charge on any atom is 0.269 e. The SMILES string of the molecule is [2H][C@]12CC[C@H](c3ccccc31)c1cc([N+](=O)[O-])ccc12. The van der Waals surface area contributed by atoms with Gasteiger partial charge in [-0.05, 0) is 35.1 Å². The van der Waals surface area contributed by atoms with Crippen molar-refractivity contribution in [2.24, 2.45) is 0 Å². The number of non-ortho nitro benzene ring substituents is 1. The molecule has 0 radical (unpaired) electrons. The highest BCUT2D eigenvalue weighted by molar-refractivity contribution is 5.57. The molecule has 0 fully saturated rings. The summed E-state index contributed by atoms with van der Waals surface area (Å²) < 4.78 is 8.88. The molecule has 0 N–H and O–H groups in total. The second-order valence-corrected chi connectivity index (χ2v) is 5.19. The smallest absolute Gasteiger partial charge is 0.258 e. The lowest BCUT2D eigenvalue weighted by Gasteiger charge is -2.40. The molecule has 2 atom stereocenters. The third-order valence-electron chi connectivity index (χ3n) is 4.29. The first-order valence-corrected chi connectivity index (χ1v) is 6.49. The van der Waals surface area contributed by atoms with E-state index in [1.165, 1.54) is 11.6 Å². The van der Waals surface area contributed by atoms with Crippen molar-refractivity contribution >= 4 is 5.69 Å². The van der Waals surface area contributed by atoms with Gasteiger partial charge in [-0.1, -0.05) is 30.3 Å². The van der Waals surface area contributed by atoms with Crippen LogP contribution in [0.3, 0.4) is 0 Å². The number of rotatable bonds is 1. The molecule has 0 saturated heterocycles. The monoisotopic (exact) mass is 252 g/mol. The van der Waals surface area contributed by atoms with Crippen molar-refractivity contribution in [3.8, 4) is 0 Å². The first-order valence-electron chi connectivity index (χ1n) is 6.99. The topological polar surface area (TPSA) is 43.1 Å². The lowest BCUT2D eigenvalue weighted by atomic mass is 9.64. The summed E-state index contributed by atoms with van der Waals surface area (Å²) in [6, 6.07) is 13.0. The lowest BCUT2D eigenvalue weighted by molar-refractivity contribution is -0.385. The molecular weight excluding hydrogens is 238 g/mol. The van der Waals surface area contributed by atoms with E-state index in [2.05, 4.69) is 6.07 Å². The van der Waals surface area contributed by atoms with Crippen LogP contribution in [-0.2, 0) is 0 Å². The number of hydrogen-bond donors (Lipinski definition) is 0. The van der Waals surface area contributed by atoms with Crippen molar-refractivity contribution in [2.75, 3.05) is 0 Å². The normalized spacial score (nSPS) is 27.4. The van der Waals surface area contributed by atoms with Crippen LogP contribution in [0.2, 0.25) is 0 Å². The fraction of sp³-hybridized carbons (Fsp3) is 0.250. The minimum Gasteiger partial charge on any atom is -0.258 e. The van der Waals surface area contributed by atoms with Crippen LogP contribution >= 0.6 is 0 Å². The van der Waals surface area contributed by atoms with E-state index in [1.54, 1.807) is 12.1 Å². The van der Waals surface area contributed by atoms with Crippen LogP contribution in [0.25, 0.3) is 0 Å². The molecule has 3 heteroatoms. The highest BCUT2D eigenvalue weighted by Crippen LogP contribution is 2.53. The van der Waals surface area contributed by atoms with Crippen LogP contribution in [0.5, 0.6) is 0 Å². The van der Waals surface area contributed by atoms with Crippen LogP contribution in [0.1, 0.15) is 48.3 Å². The van der Waals surface area contributed by atoms with Gasteiger partial charge in [-0.25, -0.2) is 0 Å². The Morgan fingerprint density at radius 2 is 1.79 bits per heavy atom. The van der Waals surface area contributed by atoms with Crippen LogP contribution < -0.4 is 0 Å². The Morgan fingerprint density at radius 1 is 1.05 bits per heavy atom. The standard InChI is InChI=1S/C16H13NO2/c18-17(19)10-5-6-14-13-7-8-15(16(14)9-10)12-4-2-1-3-11(12)13/h1-6,9,13,15H,7-8H2/t13-,15+/m0/s1/i13D. The second kappa shape index (κ2) is 3.67. The summed E-state index contributed by atoms with van der Waals surface area (Å²) in [6.07, 6.45) is 1.69. The Bertz CT molecular complexity index is 743. The van der Waals surface area contributed by atoms with Crippen LogP contribution in [0.15, 0.2) is 42.5 Å².